The van der Waals surface area contributed by atoms with Crippen LogP contribution in [0.3, 0.4) is 0 Å². The lowest BCUT2D eigenvalue weighted by atomic mass is 10.0. The van der Waals surface area contributed by atoms with Gasteiger partial charge in [-0.05, 0) is 61.2 Å². The number of carbonyl (C=O) groups is 1. The van der Waals surface area contributed by atoms with Crippen molar-refractivity contribution in [2.75, 3.05) is 0 Å². The zero-order valence-corrected chi connectivity index (χ0v) is 20.4. The van der Waals surface area contributed by atoms with Gasteiger partial charge in [0.2, 0.25) is 0 Å². The number of para-hydroxylation sites is 2. The summed E-state index contributed by atoms with van der Waals surface area (Å²) in [7, 11) is -3.46. The Morgan fingerprint density at radius 3 is 2.29 bits per heavy atom. The number of H-pyrrole nitrogens is 1. The summed E-state index contributed by atoms with van der Waals surface area (Å²) in [6, 6.07) is 21.1. The van der Waals surface area contributed by atoms with Crippen molar-refractivity contribution in [3.8, 4) is 0 Å². The molecular formula is C27H29N3O3S. The molecule has 0 aliphatic heterocycles. The highest BCUT2D eigenvalue weighted by atomic mass is 32.2. The van der Waals surface area contributed by atoms with Crippen LogP contribution in [-0.2, 0) is 15.6 Å². The van der Waals surface area contributed by atoms with Crippen LogP contribution in [0.5, 0.6) is 0 Å². The average molecular weight is 476 g/mol. The van der Waals surface area contributed by atoms with E-state index in [4.69, 9.17) is 0 Å². The molecule has 6 nitrogen and oxygen atoms in total. The first-order valence-electron chi connectivity index (χ1n) is 11.3. The number of sulfone groups is 1. The standard InChI is InChI=1S/C27H29N3O3S/c1-18(2)16-25(26-28-23-6-4-5-7-24(23)29-26)30-27(31)21-12-10-20(11-13-21)17-34(32,33)22-14-8-19(3)9-15-22/h4-15,18,25H,16-17H2,1-3H3,(H,28,29)(H,30,31). The highest BCUT2D eigenvalue weighted by Crippen LogP contribution is 2.23. The second-order valence-electron chi connectivity index (χ2n) is 9.06. The van der Waals surface area contributed by atoms with Gasteiger partial charge >= 0.3 is 0 Å². The van der Waals surface area contributed by atoms with Gasteiger partial charge in [-0.1, -0.05) is 55.8 Å². The van der Waals surface area contributed by atoms with Crippen LogP contribution in [0.15, 0.2) is 77.7 Å². The molecule has 0 aliphatic carbocycles. The largest absolute Gasteiger partial charge is 0.342 e. The topological polar surface area (TPSA) is 91.9 Å². The summed E-state index contributed by atoms with van der Waals surface area (Å²) in [6.45, 7) is 6.12. The number of amides is 1. The van der Waals surface area contributed by atoms with Gasteiger partial charge in [0.1, 0.15) is 5.82 Å². The Labute approximate surface area is 200 Å². The maximum atomic E-state index is 13.0. The van der Waals surface area contributed by atoms with Gasteiger partial charge in [0.15, 0.2) is 9.84 Å². The SMILES string of the molecule is Cc1ccc(S(=O)(=O)Cc2ccc(C(=O)NC(CC(C)C)c3nc4ccccc4[nH]3)cc2)cc1. The summed E-state index contributed by atoms with van der Waals surface area (Å²) in [5.41, 5.74) is 3.90. The van der Waals surface area contributed by atoms with Crippen LogP contribution in [0, 0.1) is 12.8 Å². The van der Waals surface area contributed by atoms with Crippen LogP contribution < -0.4 is 5.32 Å². The van der Waals surface area contributed by atoms with E-state index in [0.717, 1.165) is 28.8 Å². The Bertz CT molecular complexity index is 1360. The van der Waals surface area contributed by atoms with Gasteiger partial charge in [0.05, 0.1) is 27.7 Å². The van der Waals surface area contributed by atoms with E-state index in [2.05, 4.69) is 29.1 Å². The number of rotatable bonds is 8. The van der Waals surface area contributed by atoms with Gasteiger partial charge in [-0.25, -0.2) is 13.4 Å². The molecule has 34 heavy (non-hydrogen) atoms. The molecule has 0 saturated carbocycles. The smallest absolute Gasteiger partial charge is 0.251 e. The van der Waals surface area contributed by atoms with E-state index in [1.165, 1.54) is 0 Å². The number of hydrogen-bond acceptors (Lipinski definition) is 4. The third-order valence-electron chi connectivity index (χ3n) is 5.70. The minimum Gasteiger partial charge on any atom is -0.342 e. The number of carbonyl (C=O) groups excluding carboxylic acids is 1. The minimum absolute atomic E-state index is 0.118. The zero-order chi connectivity index (χ0) is 24.3. The predicted molar refractivity (Wildman–Crippen MR) is 134 cm³/mol. The second-order valence-corrected chi connectivity index (χ2v) is 11.1. The van der Waals surface area contributed by atoms with Crippen molar-refractivity contribution in [1.29, 1.82) is 0 Å². The highest BCUT2D eigenvalue weighted by molar-refractivity contribution is 7.90. The maximum Gasteiger partial charge on any atom is 0.251 e. The number of imidazole rings is 1. The second kappa shape index (κ2) is 9.81. The van der Waals surface area contributed by atoms with E-state index in [-0.39, 0.29) is 17.7 Å². The lowest BCUT2D eigenvalue weighted by Crippen LogP contribution is -2.30. The van der Waals surface area contributed by atoms with Crippen molar-refractivity contribution in [1.82, 2.24) is 15.3 Å². The maximum absolute atomic E-state index is 13.0. The van der Waals surface area contributed by atoms with E-state index in [1.54, 1.807) is 48.5 Å². The summed E-state index contributed by atoms with van der Waals surface area (Å²) in [5.74, 6) is 0.739. The molecule has 1 heterocycles. The van der Waals surface area contributed by atoms with Gasteiger partial charge in [0.25, 0.3) is 5.91 Å². The third kappa shape index (κ3) is 5.54. The summed E-state index contributed by atoms with van der Waals surface area (Å²) in [6.07, 6.45) is 0.735. The first-order chi connectivity index (χ1) is 16.2. The molecule has 4 rings (SSSR count). The van der Waals surface area contributed by atoms with E-state index in [1.807, 2.05) is 31.2 Å². The van der Waals surface area contributed by atoms with Crippen LogP contribution in [0.2, 0.25) is 0 Å². The zero-order valence-electron chi connectivity index (χ0n) is 19.6. The molecule has 1 unspecified atom stereocenters. The molecule has 3 aromatic carbocycles. The Kier molecular flexibility index (Phi) is 6.84. The molecule has 2 N–H and O–H groups in total. The van der Waals surface area contributed by atoms with Gasteiger partial charge in [0, 0.05) is 5.56 Å². The fraction of sp³-hybridized carbons (Fsp3) is 0.259. The van der Waals surface area contributed by atoms with Crippen LogP contribution >= 0.6 is 0 Å². The highest BCUT2D eigenvalue weighted by Gasteiger charge is 2.21. The molecule has 0 fully saturated rings. The van der Waals surface area contributed by atoms with Gasteiger partial charge < -0.3 is 10.3 Å². The average Bonchev–Trinajstić information content (AvgIpc) is 3.23. The van der Waals surface area contributed by atoms with Crippen molar-refractivity contribution in [3.05, 3.63) is 95.3 Å². The molecular weight excluding hydrogens is 446 g/mol. The normalized spacial score (nSPS) is 12.7. The first-order valence-corrected chi connectivity index (χ1v) is 13.0. The van der Waals surface area contributed by atoms with Crippen molar-refractivity contribution in [2.24, 2.45) is 5.92 Å². The monoisotopic (exact) mass is 475 g/mol. The summed E-state index contributed by atoms with van der Waals surface area (Å²) in [5, 5.41) is 3.09. The molecule has 0 radical (unpaired) electrons. The summed E-state index contributed by atoms with van der Waals surface area (Å²) < 4.78 is 25.4. The molecule has 0 aliphatic rings. The number of aromatic amines is 1. The predicted octanol–water partition coefficient (Wildman–Crippen LogP) is 5.36. The molecule has 4 aromatic rings. The molecule has 0 spiro atoms. The van der Waals surface area contributed by atoms with E-state index in [9.17, 15) is 13.2 Å². The van der Waals surface area contributed by atoms with Crippen molar-refractivity contribution in [2.45, 2.75) is 43.9 Å². The molecule has 1 atom stereocenters. The number of fused-ring (bicyclic) bond motifs is 1. The number of hydrogen-bond donors (Lipinski definition) is 2. The summed E-state index contributed by atoms with van der Waals surface area (Å²) >= 11 is 0. The van der Waals surface area contributed by atoms with E-state index in [0.29, 0.717) is 21.9 Å². The van der Waals surface area contributed by atoms with Crippen LogP contribution in [-0.4, -0.2) is 24.3 Å². The van der Waals surface area contributed by atoms with Gasteiger partial charge in [-0.3, -0.25) is 4.79 Å². The Morgan fingerprint density at radius 2 is 1.65 bits per heavy atom. The van der Waals surface area contributed by atoms with E-state index < -0.39 is 9.84 Å². The Balaban J connectivity index is 1.48. The number of nitrogens with one attached hydrogen (secondary N) is 2. The van der Waals surface area contributed by atoms with Crippen LogP contribution in [0.25, 0.3) is 11.0 Å². The summed E-state index contributed by atoms with van der Waals surface area (Å²) in [4.78, 5) is 21.3. The fourth-order valence-electron chi connectivity index (χ4n) is 3.89. The van der Waals surface area contributed by atoms with Crippen LogP contribution in [0.4, 0.5) is 0 Å². The van der Waals surface area contributed by atoms with Crippen molar-refractivity contribution >= 4 is 26.8 Å². The van der Waals surface area contributed by atoms with Gasteiger partial charge in [-0.15, -0.1) is 0 Å². The molecule has 7 heteroatoms. The molecule has 0 saturated heterocycles. The van der Waals surface area contributed by atoms with Gasteiger partial charge in [-0.2, -0.15) is 0 Å². The Morgan fingerprint density at radius 1 is 0.971 bits per heavy atom. The number of aryl methyl sites for hydroxylation is 1. The molecule has 176 valence electrons. The number of nitrogens with zero attached hydrogens (tertiary/aromatic N) is 1. The Hall–Kier alpha value is -3.45. The minimum atomic E-state index is -3.46. The number of benzene rings is 3. The van der Waals surface area contributed by atoms with Crippen LogP contribution in [0.1, 0.15) is 53.6 Å². The fourth-order valence-corrected chi connectivity index (χ4v) is 5.24. The van der Waals surface area contributed by atoms with Crippen molar-refractivity contribution < 1.29 is 13.2 Å². The number of aromatic nitrogens is 2. The molecule has 0 bridgehead atoms. The molecule has 1 amide bonds. The first kappa shape index (κ1) is 23.7. The lowest BCUT2D eigenvalue weighted by Gasteiger charge is -2.19. The lowest BCUT2D eigenvalue weighted by molar-refractivity contribution is 0.0930. The third-order valence-corrected chi connectivity index (χ3v) is 7.41. The van der Waals surface area contributed by atoms with E-state index >= 15 is 0 Å². The molecule has 1 aromatic heterocycles. The van der Waals surface area contributed by atoms with Crippen molar-refractivity contribution in [3.63, 3.8) is 0 Å². The quantitative estimate of drug-likeness (QED) is 0.359.